The summed E-state index contributed by atoms with van der Waals surface area (Å²) in [5.74, 6) is 0. The molecule has 2 rings (SSSR count). The van der Waals surface area contributed by atoms with E-state index >= 15 is 0 Å². The van der Waals surface area contributed by atoms with Crippen LogP contribution in [0.1, 0.15) is 10.4 Å². The van der Waals surface area contributed by atoms with Crippen molar-refractivity contribution in [2.24, 2.45) is 0 Å². The summed E-state index contributed by atoms with van der Waals surface area (Å²) in [6.45, 7) is 0. The number of carbonyl (C=O) groups excluding carboxylic acids is 1. The van der Waals surface area contributed by atoms with E-state index in [1.54, 1.807) is 18.2 Å². The second-order valence-corrected chi connectivity index (χ2v) is 5.03. The van der Waals surface area contributed by atoms with Crippen LogP contribution >= 0.6 is 46.4 Å². The molecule has 0 radical (unpaired) electrons. The molecular formula is C12H5Cl4NO. The molecule has 0 unspecified atom stereocenters. The lowest BCUT2D eigenvalue weighted by Gasteiger charge is -2.06. The van der Waals surface area contributed by atoms with E-state index < -0.39 is 0 Å². The van der Waals surface area contributed by atoms with E-state index in [0.717, 1.165) is 0 Å². The third kappa shape index (κ3) is 2.62. The Labute approximate surface area is 123 Å². The van der Waals surface area contributed by atoms with Gasteiger partial charge in [-0.25, -0.2) is 4.98 Å². The zero-order valence-electron chi connectivity index (χ0n) is 8.75. The summed E-state index contributed by atoms with van der Waals surface area (Å²) in [6.07, 6.45) is 2.17. The molecule has 0 aliphatic rings. The van der Waals surface area contributed by atoms with Crippen molar-refractivity contribution in [1.82, 2.24) is 4.98 Å². The molecule has 0 aliphatic carbocycles. The molecule has 1 aromatic carbocycles. The van der Waals surface area contributed by atoms with Gasteiger partial charge in [0.05, 0.1) is 20.6 Å². The Kier molecular flexibility index (Phi) is 4.13. The Balaban J connectivity index is 2.58. The van der Waals surface area contributed by atoms with Gasteiger partial charge in [0.1, 0.15) is 5.15 Å². The van der Waals surface area contributed by atoms with Crippen molar-refractivity contribution >= 4 is 52.7 Å². The predicted molar refractivity (Wildman–Crippen MR) is 75.1 cm³/mol. The standard InChI is InChI=1S/C12H5Cl4NO/c13-9-2-6(3-10(14)11(9)15)7-1-8(5-18)12(16)17-4-7/h1-5H. The number of aromatic nitrogens is 1. The monoisotopic (exact) mass is 319 g/mol. The van der Waals surface area contributed by atoms with Crippen molar-refractivity contribution in [1.29, 1.82) is 0 Å². The van der Waals surface area contributed by atoms with Crippen LogP contribution in [0, 0.1) is 0 Å². The van der Waals surface area contributed by atoms with Crippen LogP contribution < -0.4 is 0 Å². The molecule has 0 N–H and O–H groups in total. The molecular weight excluding hydrogens is 316 g/mol. The van der Waals surface area contributed by atoms with Gasteiger partial charge in [-0.05, 0) is 23.8 Å². The van der Waals surface area contributed by atoms with Gasteiger partial charge in [0.25, 0.3) is 0 Å². The van der Waals surface area contributed by atoms with Crippen LogP contribution in [-0.4, -0.2) is 11.3 Å². The molecule has 92 valence electrons. The van der Waals surface area contributed by atoms with Gasteiger partial charge in [-0.15, -0.1) is 0 Å². The van der Waals surface area contributed by atoms with E-state index in [-0.39, 0.29) is 5.15 Å². The average Bonchev–Trinajstić information content (AvgIpc) is 2.36. The fourth-order valence-electron chi connectivity index (χ4n) is 1.43. The number of rotatable bonds is 2. The summed E-state index contributed by atoms with van der Waals surface area (Å²) in [7, 11) is 0. The molecule has 2 nitrogen and oxygen atoms in total. The number of hydrogen-bond acceptors (Lipinski definition) is 2. The van der Waals surface area contributed by atoms with Crippen molar-refractivity contribution in [2.75, 3.05) is 0 Å². The van der Waals surface area contributed by atoms with Crippen molar-refractivity contribution in [3.05, 3.63) is 50.2 Å². The van der Waals surface area contributed by atoms with Crippen molar-refractivity contribution in [2.45, 2.75) is 0 Å². The largest absolute Gasteiger partial charge is 0.298 e. The summed E-state index contributed by atoms with van der Waals surface area (Å²) < 4.78 is 0. The third-order valence-electron chi connectivity index (χ3n) is 2.31. The maximum atomic E-state index is 10.8. The molecule has 18 heavy (non-hydrogen) atoms. The van der Waals surface area contributed by atoms with E-state index in [1.807, 2.05) is 0 Å². The minimum atomic E-state index is 0.153. The van der Waals surface area contributed by atoms with Crippen LogP contribution in [0.3, 0.4) is 0 Å². The van der Waals surface area contributed by atoms with Gasteiger partial charge >= 0.3 is 0 Å². The van der Waals surface area contributed by atoms with E-state index in [0.29, 0.717) is 38.0 Å². The first-order valence-electron chi connectivity index (χ1n) is 4.78. The first-order chi connectivity index (χ1) is 8.52. The third-order valence-corrected chi connectivity index (χ3v) is 3.82. The highest BCUT2D eigenvalue weighted by Gasteiger charge is 2.09. The number of pyridine rings is 1. The molecule has 2 aromatic rings. The SMILES string of the molecule is O=Cc1cc(-c2cc(Cl)c(Cl)c(Cl)c2)cnc1Cl. The maximum Gasteiger partial charge on any atom is 0.153 e. The minimum Gasteiger partial charge on any atom is -0.298 e. The molecule has 6 heteroatoms. The Hall–Kier alpha value is -0.800. The second kappa shape index (κ2) is 5.45. The highest BCUT2D eigenvalue weighted by molar-refractivity contribution is 6.48. The highest BCUT2D eigenvalue weighted by atomic mass is 35.5. The highest BCUT2D eigenvalue weighted by Crippen LogP contribution is 2.35. The van der Waals surface area contributed by atoms with E-state index in [1.165, 1.54) is 6.20 Å². The molecule has 0 bridgehead atoms. The maximum absolute atomic E-state index is 10.8. The van der Waals surface area contributed by atoms with Crippen LogP contribution in [0.2, 0.25) is 20.2 Å². The number of nitrogens with zero attached hydrogens (tertiary/aromatic N) is 1. The smallest absolute Gasteiger partial charge is 0.153 e. The van der Waals surface area contributed by atoms with Crippen LogP contribution in [0.15, 0.2) is 24.4 Å². The van der Waals surface area contributed by atoms with Crippen molar-refractivity contribution in [3.63, 3.8) is 0 Å². The number of aldehydes is 1. The summed E-state index contributed by atoms with van der Waals surface area (Å²) in [5, 5.41) is 1.11. The topological polar surface area (TPSA) is 30.0 Å². The molecule has 0 aliphatic heterocycles. The molecule has 0 atom stereocenters. The van der Waals surface area contributed by atoms with Crippen LogP contribution in [-0.2, 0) is 0 Å². The summed E-state index contributed by atoms with van der Waals surface area (Å²) in [6, 6.07) is 4.91. The fraction of sp³-hybridized carbons (Fsp3) is 0. The van der Waals surface area contributed by atoms with Gasteiger partial charge in [0.2, 0.25) is 0 Å². The summed E-state index contributed by atoms with van der Waals surface area (Å²) in [4.78, 5) is 14.7. The Bertz CT molecular complexity index is 604. The van der Waals surface area contributed by atoms with Crippen LogP contribution in [0.25, 0.3) is 11.1 Å². The molecule has 0 amide bonds. The quantitative estimate of drug-likeness (QED) is 0.434. The van der Waals surface area contributed by atoms with Gasteiger partial charge in [-0.3, -0.25) is 4.79 Å². The molecule has 0 saturated heterocycles. The average molecular weight is 321 g/mol. The first kappa shape index (κ1) is 13.6. The zero-order chi connectivity index (χ0) is 13.3. The fourth-order valence-corrected chi connectivity index (χ4v) is 2.17. The van der Waals surface area contributed by atoms with E-state index in [4.69, 9.17) is 46.4 Å². The molecule has 1 heterocycles. The van der Waals surface area contributed by atoms with Crippen LogP contribution in [0.4, 0.5) is 0 Å². The lowest BCUT2D eigenvalue weighted by molar-refractivity contribution is 0.112. The zero-order valence-corrected chi connectivity index (χ0v) is 11.8. The number of carbonyl (C=O) groups is 1. The second-order valence-electron chi connectivity index (χ2n) is 3.48. The molecule has 0 fully saturated rings. The van der Waals surface area contributed by atoms with E-state index in [2.05, 4.69) is 4.98 Å². The number of benzene rings is 1. The Morgan fingerprint density at radius 3 is 2.11 bits per heavy atom. The summed E-state index contributed by atoms with van der Waals surface area (Å²) >= 11 is 23.5. The lowest BCUT2D eigenvalue weighted by atomic mass is 10.1. The number of hydrogen-bond donors (Lipinski definition) is 0. The van der Waals surface area contributed by atoms with Gasteiger partial charge in [0, 0.05) is 11.8 Å². The number of halogens is 4. The normalized spacial score (nSPS) is 10.4. The van der Waals surface area contributed by atoms with Gasteiger partial charge in [0.15, 0.2) is 6.29 Å². The van der Waals surface area contributed by atoms with Gasteiger partial charge in [-0.2, -0.15) is 0 Å². The Morgan fingerprint density at radius 1 is 0.944 bits per heavy atom. The Morgan fingerprint density at radius 2 is 1.56 bits per heavy atom. The van der Waals surface area contributed by atoms with Gasteiger partial charge < -0.3 is 0 Å². The van der Waals surface area contributed by atoms with E-state index in [9.17, 15) is 4.79 Å². The van der Waals surface area contributed by atoms with Gasteiger partial charge in [-0.1, -0.05) is 46.4 Å². The first-order valence-corrected chi connectivity index (χ1v) is 6.29. The van der Waals surface area contributed by atoms with Crippen molar-refractivity contribution in [3.8, 4) is 11.1 Å². The molecule has 0 saturated carbocycles. The molecule has 1 aromatic heterocycles. The van der Waals surface area contributed by atoms with Crippen molar-refractivity contribution < 1.29 is 4.79 Å². The lowest BCUT2D eigenvalue weighted by Crippen LogP contribution is -1.89. The molecule has 0 spiro atoms. The van der Waals surface area contributed by atoms with Crippen LogP contribution in [0.5, 0.6) is 0 Å². The minimum absolute atomic E-state index is 0.153. The predicted octanol–water partition coefficient (Wildman–Crippen LogP) is 5.17. The summed E-state index contributed by atoms with van der Waals surface area (Å²) in [5.41, 5.74) is 1.69.